The molecule has 0 aromatic carbocycles. The summed E-state index contributed by atoms with van der Waals surface area (Å²) >= 11 is 3.72. The fraction of sp³-hybridized carbons (Fsp3) is 1.00. The summed E-state index contributed by atoms with van der Waals surface area (Å²) in [5.74, 6) is 0. The second-order valence-corrected chi connectivity index (χ2v) is 5.98. The van der Waals surface area contributed by atoms with Gasteiger partial charge < -0.3 is 14.2 Å². The van der Waals surface area contributed by atoms with E-state index in [1.54, 1.807) is 0 Å². The first-order chi connectivity index (χ1) is 9.76. The van der Waals surface area contributed by atoms with Gasteiger partial charge in [-0.1, -0.05) is 15.9 Å². The molecule has 20 heavy (non-hydrogen) atoms. The van der Waals surface area contributed by atoms with E-state index in [2.05, 4.69) is 20.8 Å². The third-order valence-electron chi connectivity index (χ3n) is 3.91. The molecule has 1 aliphatic rings. The normalized spacial score (nSPS) is 18.6. The van der Waals surface area contributed by atoms with Crippen LogP contribution in [0.1, 0.15) is 26.7 Å². The summed E-state index contributed by atoms with van der Waals surface area (Å²) in [7, 11) is 0. The van der Waals surface area contributed by atoms with Crippen LogP contribution in [0, 0.1) is 5.41 Å². The SMILES string of the molecule is CCOCCN(CCOCC)CC1(CBr)CCOCC1. The number of hydrogen-bond donors (Lipinski definition) is 0. The van der Waals surface area contributed by atoms with Crippen LogP contribution in [0.15, 0.2) is 0 Å². The van der Waals surface area contributed by atoms with Crippen molar-refractivity contribution in [3.05, 3.63) is 0 Å². The van der Waals surface area contributed by atoms with Crippen LogP contribution in [0.2, 0.25) is 0 Å². The second kappa shape index (κ2) is 11.0. The van der Waals surface area contributed by atoms with Gasteiger partial charge in [-0.2, -0.15) is 0 Å². The van der Waals surface area contributed by atoms with Crippen molar-refractivity contribution in [1.29, 1.82) is 0 Å². The topological polar surface area (TPSA) is 30.9 Å². The minimum atomic E-state index is 0.344. The highest BCUT2D eigenvalue weighted by molar-refractivity contribution is 9.09. The lowest BCUT2D eigenvalue weighted by Gasteiger charge is -2.40. The second-order valence-electron chi connectivity index (χ2n) is 5.42. The lowest BCUT2D eigenvalue weighted by molar-refractivity contribution is -0.00244. The summed E-state index contributed by atoms with van der Waals surface area (Å²) in [6.45, 7) is 12.1. The van der Waals surface area contributed by atoms with Crippen LogP contribution in [-0.2, 0) is 14.2 Å². The third kappa shape index (κ3) is 6.85. The highest BCUT2D eigenvalue weighted by Gasteiger charge is 2.33. The summed E-state index contributed by atoms with van der Waals surface area (Å²) in [6, 6.07) is 0. The lowest BCUT2D eigenvalue weighted by Crippen LogP contribution is -2.45. The van der Waals surface area contributed by atoms with E-state index in [0.717, 1.165) is 77.4 Å². The molecule has 0 aromatic rings. The average molecular weight is 352 g/mol. The first-order valence-electron chi connectivity index (χ1n) is 7.78. The highest BCUT2D eigenvalue weighted by atomic mass is 79.9. The Morgan fingerprint density at radius 2 is 1.60 bits per heavy atom. The van der Waals surface area contributed by atoms with Crippen molar-refractivity contribution in [3.8, 4) is 0 Å². The van der Waals surface area contributed by atoms with Gasteiger partial charge in [0.15, 0.2) is 0 Å². The van der Waals surface area contributed by atoms with Crippen molar-refractivity contribution in [2.45, 2.75) is 26.7 Å². The quantitative estimate of drug-likeness (QED) is 0.422. The Balaban J connectivity index is 2.46. The molecular weight excluding hydrogens is 322 g/mol. The van der Waals surface area contributed by atoms with E-state index < -0.39 is 0 Å². The van der Waals surface area contributed by atoms with E-state index in [1.807, 2.05) is 13.8 Å². The van der Waals surface area contributed by atoms with E-state index in [4.69, 9.17) is 14.2 Å². The largest absolute Gasteiger partial charge is 0.381 e. The molecule has 1 saturated heterocycles. The van der Waals surface area contributed by atoms with Crippen LogP contribution in [0.3, 0.4) is 0 Å². The van der Waals surface area contributed by atoms with Crippen LogP contribution in [0.4, 0.5) is 0 Å². The molecule has 1 rings (SSSR count). The van der Waals surface area contributed by atoms with Crippen molar-refractivity contribution < 1.29 is 14.2 Å². The first kappa shape index (κ1) is 18.4. The van der Waals surface area contributed by atoms with Crippen LogP contribution >= 0.6 is 15.9 Å². The van der Waals surface area contributed by atoms with E-state index in [1.165, 1.54) is 0 Å². The summed E-state index contributed by atoms with van der Waals surface area (Å²) in [6.07, 6.45) is 2.27. The molecular formula is C15H30BrNO3. The van der Waals surface area contributed by atoms with Crippen molar-refractivity contribution in [3.63, 3.8) is 0 Å². The number of rotatable bonds is 11. The molecule has 0 radical (unpaired) electrons. The molecule has 0 spiro atoms. The maximum atomic E-state index is 5.52. The molecule has 0 aromatic heterocycles. The Labute approximate surface area is 132 Å². The van der Waals surface area contributed by atoms with Crippen molar-refractivity contribution in [2.75, 3.05) is 64.6 Å². The molecule has 1 heterocycles. The summed E-state index contributed by atoms with van der Waals surface area (Å²) < 4.78 is 16.5. The summed E-state index contributed by atoms with van der Waals surface area (Å²) in [5, 5.41) is 1.04. The monoisotopic (exact) mass is 351 g/mol. The van der Waals surface area contributed by atoms with Crippen molar-refractivity contribution in [1.82, 2.24) is 4.90 Å². The minimum Gasteiger partial charge on any atom is -0.381 e. The third-order valence-corrected chi connectivity index (χ3v) is 5.10. The Morgan fingerprint density at radius 3 is 2.05 bits per heavy atom. The maximum absolute atomic E-state index is 5.52. The molecule has 1 aliphatic heterocycles. The van der Waals surface area contributed by atoms with E-state index in [9.17, 15) is 0 Å². The molecule has 120 valence electrons. The van der Waals surface area contributed by atoms with Gasteiger partial charge in [0, 0.05) is 51.4 Å². The van der Waals surface area contributed by atoms with Gasteiger partial charge >= 0.3 is 0 Å². The molecule has 4 nitrogen and oxygen atoms in total. The maximum Gasteiger partial charge on any atom is 0.0593 e. The predicted octanol–water partition coefficient (Wildman–Crippen LogP) is 2.55. The Kier molecular flexibility index (Phi) is 10.1. The molecule has 0 N–H and O–H groups in total. The highest BCUT2D eigenvalue weighted by Crippen LogP contribution is 2.33. The van der Waals surface area contributed by atoms with Crippen LogP contribution in [0.25, 0.3) is 0 Å². The molecule has 0 amide bonds. The van der Waals surface area contributed by atoms with Crippen LogP contribution in [0.5, 0.6) is 0 Å². The molecule has 0 atom stereocenters. The zero-order valence-electron chi connectivity index (χ0n) is 13.0. The van der Waals surface area contributed by atoms with Crippen molar-refractivity contribution >= 4 is 15.9 Å². The van der Waals surface area contributed by atoms with E-state index in [0.29, 0.717) is 5.41 Å². The predicted molar refractivity (Wildman–Crippen MR) is 85.7 cm³/mol. The molecule has 0 bridgehead atoms. The fourth-order valence-corrected chi connectivity index (χ4v) is 3.30. The number of nitrogens with zero attached hydrogens (tertiary/aromatic N) is 1. The van der Waals surface area contributed by atoms with Gasteiger partial charge in [0.05, 0.1) is 13.2 Å². The fourth-order valence-electron chi connectivity index (χ4n) is 2.56. The van der Waals surface area contributed by atoms with Crippen LogP contribution in [-0.4, -0.2) is 69.5 Å². The van der Waals surface area contributed by atoms with E-state index >= 15 is 0 Å². The number of ether oxygens (including phenoxy) is 3. The molecule has 0 saturated carbocycles. The zero-order chi connectivity index (χ0) is 14.7. The number of halogens is 1. The van der Waals surface area contributed by atoms with Gasteiger partial charge in [-0.3, -0.25) is 4.90 Å². The zero-order valence-corrected chi connectivity index (χ0v) is 14.6. The van der Waals surface area contributed by atoms with Gasteiger partial charge in [0.25, 0.3) is 0 Å². The van der Waals surface area contributed by atoms with Gasteiger partial charge in [0.2, 0.25) is 0 Å². The standard InChI is InChI=1S/C15H30BrNO3/c1-3-18-11-7-17(8-12-19-4-2)14-15(13-16)5-9-20-10-6-15/h3-14H2,1-2H3. The first-order valence-corrected chi connectivity index (χ1v) is 8.90. The molecule has 0 unspecified atom stereocenters. The van der Waals surface area contributed by atoms with Crippen molar-refractivity contribution in [2.24, 2.45) is 5.41 Å². The molecule has 5 heteroatoms. The summed E-state index contributed by atoms with van der Waals surface area (Å²) in [5.41, 5.74) is 0.344. The Morgan fingerprint density at radius 1 is 1.05 bits per heavy atom. The average Bonchev–Trinajstić information content (AvgIpc) is 2.48. The smallest absolute Gasteiger partial charge is 0.0593 e. The van der Waals surface area contributed by atoms with Crippen LogP contribution < -0.4 is 0 Å². The van der Waals surface area contributed by atoms with E-state index in [-0.39, 0.29) is 0 Å². The van der Waals surface area contributed by atoms with Gasteiger partial charge in [-0.25, -0.2) is 0 Å². The molecule has 1 fully saturated rings. The lowest BCUT2D eigenvalue weighted by atomic mass is 9.82. The number of alkyl halides is 1. The molecule has 0 aliphatic carbocycles. The van der Waals surface area contributed by atoms with Gasteiger partial charge in [0.1, 0.15) is 0 Å². The Bertz CT molecular complexity index is 225. The Hall–Kier alpha value is 0.320. The number of hydrogen-bond acceptors (Lipinski definition) is 4. The minimum absolute atomic E-state index is 0.344. The summed E-state index contributed by atoms with van der Waals surface area (Å²) in [4.78, 5) is 2.48. The van der Waals surface area contributed by atoms with Gasteiger partial charge in [-0.05, 0) is 32.1 Å². The van der Waals surface area contributed by atoms with Gasteiger partial charge in [-0.15, -0.1) is 0 Å².